The third kappa shape index (κ3) is 3.06. The Kier molecular flexibility index (Phi) is 4.28. The summed E-state index contributed by atoms with van der Waals surface area (Å²) in [5.41, 5.74) is 0.502. The molecule has 0 saturated carbocycles. The van der Waals surface area contributed by atoms with Gasteiger partial charge in [0.15, 0.2) is 5.82 Å². The number of halogens is 1. The highest BCUT2D eigenvalue weighted by Gasteiger charge is 2.31. The summed E-state index contributed by atoms with van der Waals surface area (Å²) in [5, 5.41) is 3.67. The molecule has 2 aromatic rings. The Hall–Kier alpha value is -2.09. The maximum absolute atomic E-state index is 14.2. The molecule has 6 nitrogen and oxygen atoms in total. The first-order chi connectivity index (χ1) is 10.7. The number of amides is 1. The van der Waals surface area contributed by atoms with Crippen LogP contribution >= 0.6 is 11.8 Å². The normalized spacial score (nSPS) is 17.8. The van der Waals surface area contributed by atoms with Crippen molar-refractivity contribution >= 4 is 23.5 Å². The molecule has 1 aliphatic heterocycles. The van der Waals surface area contributed by atoms with Crippen molar-refractivity contribution in [3.8, 4) is 0 Å². The van der Waals surface area contributed by atoms with Crippen molar-refractivity contribution < 1.29 is 18.4 Å². The zero-order chi connectivity index (χ0) is 15.5. The number of ether oxygens (including phenoxy) is 1. The lowest BCUT2D eigenvalue weighted by molar-refractivity contribution is 0.139. The van der Waals surface area contributed by atoms with Crippen LogP contribution in [0.4, 0.5) is 14.9 Å². The molecule has 22 heavy (non-hydrogen) atoms. The summed E-state index contributed by atoms with van der Waals surface area (Å²) in [6, 6.07) is 4.70. The van der Waals surface area contributed by atoms with Gasteiger partial charge in [-0.1, -0.05) is 12.1 Å². The number of anilines is 1. The first kappa shape index (κ1) is 14.8. The molecule has 0 bridgehead atoms. The number of benzene rings is 1. The Labute approximate surface area is 130 Å². The van der Waals surface area contributed by atoms with Gasteiger partial charge in [-0.15, -0.1) is 11.8 Å². The van der Waals surface area contributed by atoms with E-state index in [1.807, 2.05) is 6.92 Å². The van der Waals surface area contributed by atoms with E-state index in [4.69, 9.17) is 4.74 Å². The summed E-state index contributed by atoms with van der Waals surface area (Å²) < 4.78 is 24.0. The van der Waals surface area contributed by atoms with Crippen molar-refractivity contribution in [3.05, 3.63) is 36.2 Å². The Bertz CT molecular complexity index is 665. The first-order valence-electron chi connectivity index (χ1n) is 6.83. The summed E-state index contributed by atoms with van der Waals surface area (Å²) in [6.45, 7) is 2.39. The molecule has 0 radical (unpaired) electrons. The minimum absolute atomic E-state index is 0.136. The predicted molar refractivity (Wildman–Crippen MR) is 78.2 cm³/mol. The third-order valence-corrected chi connectivity index (χ3v) is 4.36. The first-order valence-corrected chi connectivity index (χ1v) is 7.81. The molecule has 1 aromatic carbocycles. The van der Waals surface area contributed by atoms with Crippen molar-refractivity contribution in [3.63, 3.8) is 0 Å². The summed E-state index contributed by atoms with van der Waals surface area (Å²) in [5.74, 6) is 0.525. The standard InChI is InChI=1S/C14H14FN3O3S/c1-2-10-6-18(14(19)21-10)9-3-4-12(11(15)5-9)22-7-13-16-8-20-17-13/h3-5,8,10H,2,6-7H2,1H3/t10-/m0/s1. The smallest absolute Gasteiger partial charge is 0.414 e. The number of hydrogen-bond donors (Lipinski definition) is 0. The van der Waals surface area contributed by atoms with E-state index in [2.05, 4.69) is 14.7 Å². The lowest BCUT2D eigenvalue weighted by Gasteiger charge is -2.14. The van der Waals surface area contributed by atoms with Crippen LogP contribution in [0.1, 0.15) is 19.2 Å². The molecule has 0 unspecified atom stereocenters. The SMILES string of the molecule is CC[C@H]1CN(c2ccc(SCc3ncon3)c(F)c2)C(=O)O1. The van der Waals surface area contributed by atoms with Crippen molar-refractivity contribution in [2.75, 3.05) is 11.4 Å². The van der Waals surface area contributed by atoms with Crippen LogP contribution in [-0.2, 0) is 10.5 Å². The van der Waals surface area contributed by atoms with Gasteiger partial charge in [-0.2, -0.15) is 4.98 Å². The fraction of sp³-hybridized carbons (Fsp3) is 0.357. The molecule has 0 aliphatic carbocycles. The summed E-state index contributed by atoms with van der Waals surface area (Å²) in [6.07, 6.45) is 1.41. The molecule has 1 aliphatic rings. The van der Waals surface area contributed by atoms with Crippen molar-refractivity contribution in [2.45, 2.75) is 30.1 Å². The van der Waals surface area contributed by atoms with Crippen LogP contribution in [0.2, 0.25) is 0 Å². The fourth-order valence-electron chi connectivity index (χ4n) is 2.12. The molecule has 1 amide bonds. The molecule has 0 N–H and O–H groups in total. The van der Waals surface area contributed by atoms with Gasteiger partial charge in [-0.3, -0.25) is 4.90 Å². The number of cyclic esters (lactones) is 1. The molecule has 1 aromatic heterocycles. The fourth-order valence-corrected chi connectivity index (χ4v) is 2.89. The van der Waals surface area contributed by atoms with E-state index >= 15 is 0 Å². The molecule has 8 heteroatoms. The van der Waals surface area contributed by atoms with E-state index in [-0.39, 0.29) is 6.10 Å². The van der Waals surface area contributed by atoms with Crippen LogP contribution in [0, 0.1) is 5.82 Å². The second kappa shape index (κ2) is 6.35. The maximum Gasteiger partial charge on any atom is 0.414 e. The predicted octanol–water partition coefficient (Wildman–Crippen LogP) is 3.24. The number of nitrogens with zero attached hydrogens (tertiary/aromatic N) is 3. The Morgan fingerprint density at radius 2 is 2.36 bits per heavy atom. The Morgan fingerprint density at radius 1 is 1.50 bits per heavy atom. The van der Waals surface area contributed by atoms with Crippen LogP contribution in [0.15, 0.2) is 34.0 Å². The number of rotatable bonds is 5. The van der Waals surface area contributed by atoms with Gasteiger partial charge in [0.2, 0.25) is 6.39 Å². The molecule has 2 heterocycles. The molecule has 3 rings (SSSR count). The van der Waals surface area contributed by atoms with Crippen molar-refractivity contribution in [1.82, 2.24) is 10.1 Å². The van der Waals surface area contributed by atoms with Crippen molar-refractivity contribution in [1.29, 1.82) is 0 Å². The van der Waals surface area contributed by atoms with Crippen LogP contribution in [0.5, 0.6) is 0 Å². The third-order valence-electron chi connectivity index (χ3n) is 3.32. The van der Waals surface area contributed by atoms with E-state index in [1.54, 1.807) is 12.1 Å². The minimum Gasteiger partial charge on any atom is -0.444 e. The van der Waals surface area contributed by atoms with E-state index < -0.39 is 11.9 Å². The maximum atomic E-state index is 14.2. The average Bonchev–Trinajstić information content (AvgIpc) is 3.15. The van der Waals surface area contributed by atoms with Gasteiger partial charge in [0.25, 0.3) is 0 Å². The highest BCUT2D eigenvalue weighted by Crippen LogP contribution is 2.30. The zero-order valence-corrected chi connectivity index (χ0v) is 12.7. The second-order valence-corrected chi connectivity index (χ2v) is 5.79. The lowest BCUT2D eigenvalue weighted by atomic mass is 10.2. The summed E-state index contributed by atoms with van der Waals surface area (Å²) in [4.78, 5) is 17.6. The van der Waals surface area contributed by atoms with Gasteiger partial charge in [0.1, 0.15) is 11.9 Å². The van der Waals surface area contributed by atoms with Crippen LogP contribution in [-0.4, -0.2) is 28.9 Å². The number of hydrogen-bond acceptors (Lipinski definition) is 6. The quantitative estimate of drug-likeness (QED) is 0.787. The molecule has 1 saturated heterocycles. The molecular formula is C14H14FN3O3S. The summed E-state index contributed by atoms with van der Waals surface area (Å²) >= 11 is 1.27. The minimum atomic E-state index is -0.432. The van der Waals surface area contributed by atoms with Gasteiger partial charge in [0, 0.05) is 4.90 Å². The van der Waals surface area contributed by atoms with Gasteiger partial charge < -0.3 is 9.26 Å². The molecule has 1 fully saturated rings. The monoisotopic (exact) mass is 323 g/mol. The van der Waals surface area contributed by atoms with Crippen LogP contribution in [0.25, 0.3) is 0 Å². The highest BCUT2D eigenvalue weighted by atomic mass is 32.2. The zero-order valence-electron chi connectivity index (χ0n) is 11.9. The Balaban J connectivity index is 1.70. The molecule has 1 atom stereocenters. The van der Waals surface area contributed by atoms with Gasteiger partial charge in [-0.25, -0.2) is 9.18 Å². The molecule has 116 valence electrons. The Morgan fingerprint density at radius 3 is 3.00 bits per heavy atom. The number of aromatic nitrogens is 2. The topological polar surface area (TPSA) is 68.5 Å². The number of carbonyl (C=O) groups is 1. The highest BCUT2D eigenvalue weighted by molar-refractivity contribution is 7.98. The van der Waals surface area contributed by atoms with E-state index in [0.29, 0.717) is 28.7 Å². The number of carbonyl (C=O) groups excluding carboxylic acids is 1. The van der Waals surface area contributed by atoms with Crippen LogP contribution in [0.3, 0.4) is 0 Å². The van der Waals surface area contributed by atoms with E-state index in [1.165, 1.54) is 29.1 Å². The van der Waals surface area contributed by atoms with Gasteiger partial charge in [0.05, 0.1) is 18.0 Å². The lowest BCUT2D eigenvalue weighted by Crippen LogP contribution is -2.24. The van der Waals surface area contributed by atoms with Crippen LogP contribution < -0.4 is 4.90 Å². The number of thioether (sulfide) groups is 1. The van der Waals surface area contributed by atoms with E-state index in [9.17, 15) is 9.18 Å². The van der Waals surface area contributed by atoms with E-state index in [0.717, 1.165) is 6.42 Å². The van der Waals surface area contributed by atoms with Crippen molar-refractivity contribution in [2.24, 2.45) is 0 Å². The van der Waals surface area contributed by atoms with Gasteiger partial charge >= 0.3 is 6.09 Å². The summed E-state index contributed by atoms with van der Waals surface area (Å²) in [7, 11) is 0. The average molecular weight is 323 g/mol. The second-order valence-electron chi connectivity index (χ2n) is 4.78. The molecule has 0 spiro atoms. The largest absolute Gasteiger partial charge is 0.444 e. The van der Waals surface area contributed by atoms with Gasteiger partial charge in [-0.05, 0) is 24.6 Å². The molecular weight excluding hydrogens is 309 g/mol.